The van der Waals surface area contributed by atoms with Crippen LogP contribution < -0.4 is 4.90 Å². The fourth-order valence-electron chi connectivity index (χ4n) is 1.40. The molecule has 0 fully saturated rings. The Labute approximate surface area is 110 Å². The smallest absolute Gasteiger partial charge is 0.329 e. The summed E-state index contributed by atoms with van der Waals surface area (Å²) in [5.74, 6) is -1.61. The molecule has 0 bridgehead atoms. The van der Waals surface area contributed by atoms with Crippen LogP contribution in [-0.2, 0) is 14.3 Å². The largest absolute Gasteiger partial charge is 0.480 e. The zero-order valence-electron chi connectivity index (χ0n) is 10.8. The summed E-state index contributed by atoms with van der Waals surface area (Å²) >= 11 is 0. The van der Waals surface area contributed by atoms with E-state index in [1.54, 1.807) is 24.3 Å². The second-order valence-electron chi connectivity index (χ2n) is 3.95. The number of carbonyl (C=O) groups excluding carboxylic acids is 2. The van der Waals surface area contributed by atoms with Crippen LogP contribution in [0.3, 0.4) is 0 Å². The predicted molar refractivity (Wildman–Crippen MR) is 68.3 cm³/mol. The third kappa shape index (κ3) is 4.51. The molecule has 0 spiro atoms. The standard InChI is InChI=1S/C13H15NO5/c1-9(15)10-4-3-5-11(6-10)14(2)12(16)7-19-8-13(17)18/h3-6H,7-8H2,1-2H3,(H,17,18). The van der Waals surface area contributed by atoms with Gasteiger partial charge in [-0.3, -0.25) is 9.59 Å². The Bertz CT molecular complexity index is 498. The zero-order valence-corrected chi connectivity index (χ0v) is 10.8. The number of rotatable bonds is 6. The van der Waals surface area contributed by atoms with Gasteiger partial charge in [0.1, 0.15) is 13.2 Å². The molecule has 0 unspecified atom stereocenters. The van der Waals surface area contributed by atoms with Crippen LogP contribution in [0.2, 0.25) is 0 Å². The molecule has 102 valence electrons. The van der Waals surface area contributed by atoms with Crippen molar-refractivity contribution in [1.82, 2.24) is 0 Å². The van der Waals surface area contributed by atoms with Crippen molar-refractivity contribution in [1.29, 1.82) is 0 Å². The summed E-state index contributed by atoms with van der Waals surface area (Å²) in [6.07, 6.45) is 0. The number of likely N-dealkylation sites (N-methyl/N-ethyl adjacent to an activating group) is 1. The maximum absolute atomic E-state index is 11.7. The average molecular weight is 265 g/mol. The van der Waals surface area contributed by atoms with Gasteiger partial charge in [0.15, 0.2) is 5.78 Å². The maximum Gasteiger partial charge on any atom is 0.329 e. The molecule has 1 aromatic carbocycles. The number of carboxylic acids is 1. The van der Waals surface area contributed by atoms with E-state index in [4.69, 9.17) is 9.84 Å². The van der Waals surface area contributed by atoms with E-state index in [9.17, 15) is 14.4 Å². The van der Waals surface area contributed by atoms with Gasteiger partial charge in [-0.15, -0.1) is 0 Å². The van der Waals surface area contributed by atoms with E-state index in [2.05, 4.69) is 0 Å². The molecule has 0 saturated carbocycles. The minimum Gasteiger partial charge on any atom is -0.480 e. The second-order valence-corrected chi connectivity index (χ2v) is 3.95. The van der Waals surface area contributed by atoms with Gasteiger partial charge in [0.2, 0.25) is 0 Å². The molecular formula is C13H15NO5. The van der Waals surface area contributed by atoms with Crippen LogP contribution in [-0.4, -0.2) is 43.0 Å². The summed E-state index contributed by atoms with van der Waals surface area (Å²) in [5, 5.41) is 8.39. The first kappa shape index (κ1) is 14.8. The van der Waals surface area contributed by atoms with Crippen molar-refractivity contribution < 1.29 is 24.2 Å². The summed E-state index contributed by atoms with van der Waals surface area (Å²) in [5.41, 5.74) is 1.06. The first-order valence-corrected chi connectivity index (χ1v) is 5.59. The monoisotopic (exact) mass is 265 g/mol. The number of Topliss-reactive ketones (excluding diaryl/α,β-unsaturated/α-hetero) is 1. The van der Waals surface area contributed by atoms with Gasteiger partial charge in [0.25, 0.3) is 5.91 Å². The highest BCUT2D eigenvalue weighted by Gasteiger charge is 2.12. The number of anilines is 1. The van der Waals surface area contributed by atoms with E-state index in [1.807, 2.05) is 0 Å². The molecule has 6 heteroatoms. The number of ether oxygens (including phenoxy) is 1. The van der Waals surface area contributed by atoms with E-state index in [0.717, 1.165) is 0 Å². The summed E-state index contributed by atoms with van der Waals surface area (Å²) in [4.78, 5) is 34.5. The maximum atomic E-state index is 11.7. The minimum atomic E-state index is -1.13. The Balaban J connectivity index is 2.68. The number of benzene rings is 1. The van der Waals surface area contributed by atoms with Gasteiger partial charge >= 0.3 is 5.97 Å². The molecule has 0 atom stereocenters. The normalized spacial score (nSPS) is 10.0. The van der Waals surface area contributed by atoms with Gasteiger partial charge < -0.3 is 14.7 Å². The van der Waals surface area contributed by atoms with E-state index in [1.165, 1.54) is 18.9 Å². The third-order valence-corrected chi connectivity index (χ3v) is 2.47. The molecule has 1 rings (SSSR count). The van der Waals surface area contributed by atoms with E-state index >= 15 is 0 Å². The van der Waals surface area contributed by atoms with Crippen LogP contribution in [0.15, 0.2) is 24.3 Å². The summed E-state index contributed by atoms with van der Waals surface area (Å²) < 4.78 is 4.72. The van der Waals surface area contributed by atoms with Gasteiger partial charge in [-0.05, 0) is 19.1 Å². The first-order chi connectivity index (χ1) is 8.91. The molecule has 0 aromatic heterocycles. The van der Waals surface area contributed by atoms with Crippen LogP contribution in [0.4, 0.5) is 5.69 Å². The fourth-order valence-corrected chi connectivity index (χ4v) is 1.40. The van der Waals surface area contributed by atoms with Crippen LogP contribution in [0.25, 0.3) is 0 Å². The Morgan fingerprint density at radius 2 is 1.95 bits per heavy atom. The lowest BCUT2D eigenvalue weighted by atomic mass is 10.1. The molecular weight excluding hydrogens is 250 g/mol. The number of amides is 1. The van der Waals surface area contributed by atoms with Crippen molar-refractivity contribution in [3.63, 3.8) is 0 Å². The molecule has 6 nitrogen and oxygen atoms in total. The number of hydrogen-bond donors (Lipinski definition) is 1. The molecule has 0 saturated heterocycles. The molecule has 1 amide bonds. The third-order valence-electron chi connectivity index (χ3n) is 2.47. The van der Waals surface area contributed by atoms with Gasteiger partial charge in [0.05, 0.1) is 0 Å². The lowest BCUT2D eigenvalue weighted by molar-refractivity contribution is -0.143. The molecule has 0 aliphatic carbocycles. The van der Waals surface area contributed by atoms with Crippen molar-refractivity contribution in [2.24, 2.45) is 0 Å². The fraction of sp³-hybridized carbons (Fsp3) is 0.308. The molecule has 19 heavy (non-hydrogen) atoms. The van der Waals surface area contributed by atoms with E-state index < -0.39 is 12.6 Å². The highest BCUT2D eigenvalue weighted by atomic mass is 16.5. The SMILES string of the molecule is CC(=O)c1cccc(N(C)C(=O)COCC(=O)O)c1. The first-order valence-electron chi connectivity index (χ1n) is 5.59. The van der Waals surface area contributed by atoms with Crippen LogP contribution in [0.1, 0.15) is 17.3 Å². The van der Waals surface area contributed by atoms with Crippen LogP contribution >= 0.6 is 0 Å². The number of nitrogens with zero attached hydrogens (tertiary/aromatic N) is 1. The van der Waals surface area contributed by atoms with Crippen molar-refractivity contribution in [2.45, 2.75) is 6.92 Å². The Hall–Kier alpha value is -2.21. The lowest BCUT2D eigenvalue weighted by Crippen LogP contribution is -2.31. The van der Waals surface area contributed by atoms with Crippen LogP contribution in [0, 0.1) is 0 Å². The van der Waals surface area contributed by atoms with Crippen molar-refractivity contribution in [2.75, 3.05) is 25.2 Å². The number of hydrogen-bond acceptors (Lipinski definition) is 4. The summed E-state index contributed by atoms with van der Waals surface area (Å²) in [7, 11) is 1.53. The van der Waals surface area contributed by atoms with Crippen molar-refractivity contribution >= 4 is 23.3 Å². The molecule has 0 aliphatic heterocycles. The topological polar surface area (TPSA) is 83.9 Å². The van der Waals surface area contributed by atoms with Gasteiger partial charge in [-0.2, -0.15) is 0 Å². The molecule has 0 aliphatic rings. The minimum absolute atomic E-state index is 0.0928. The quantitative estimate of drug-likeness (QED) is 0.774. The van der Waals surface area contributed by atoms with Gasteiger partial charge in [-0.1, -0.05) is 12.1 Å². The van der Waals surface area contributed by atoms with E-state index in [0.29, 0.717) is 11.3 Å². The Kier molecular flexibility index (Phi) is 5.20. The molecule has 1 N–H and O–H groups in total. The van der Waals surface area contributed by atoms with Gasteiger partial charge in [0, 0.05) is 18.3 Å². The molecule has 0 heterocycles. The molecule has 1 aromatic rings. The summed E-state index contributed by atoms with van der Waals surface area (Å²) in [6.45, 7) is 0.594. The van der Waals surface area contributed by atoms with Gasteiger partial charge in [-0.25, -0.2) is 4.79 Å². The number of aliphatic carboxylic acids is 1. The average Bonchev–Trinajstić information content (AvgIpc) is 2.37. The van der Waals surface area contributed by atoms with Crippen molar-refractivity contribution in [3.05, 3.63) is 29.8 Å². The number of carboxylic acid groups (broad SMARTS) is 1. The summed E-state index contributed by atoms with van der Waals surface area (Å²) in [6, 6.07) is 6.61. The highest BCUT2D eigenvalue weighted by Crippen LogP contribution is 2.15. The zero-order chi connectivity index (χ0) is 14.4. The molecule has 0 radical (unpaired) electrons. The second kappa shape index (κ2) is 6.65. The number of carbonyl (C=O) groups is 3. The lowest BCUT2D eigenvalue weighted by Gasteiger charge is -2.17. The van der Waals surface area contributed by atoms with Crippen LogP contribution in [0.5, 0.6) is 0 Å². The number of ketones is 1. The highest BCUT2D eigenvalue weighted by molar-refractivity contribution is 5.98. The predicted octanol–water partition coefficient (Wildman–Crippen LogP) is 0.953. The Morgan fingerprint density at radius 3 is 2.53 bits per heavy atom. The van der Waals surface area contributed by atoms with E-state index in [-0.39, 0.29) is 18.3 Å². The Morgan fingerprint density at radius 1 is 1.26 bits per heavy atom. The van der Waals surface area contributed by atoms with Crippen molar-refractivity contribution in [3.8, 4) is 0 Å².